The molecule has 0 aromatic rings. The van der Waals surface area contributed by atoms with Gasteiger partial charge in [0.25, 0.3) is 0 Å². The molecule has 0 radical (unpaired) electrons. The molecule has 0 bridgehead atoms. The summed E-state index contributed by atoms with van der Waals surface area (Å²) >= 11 is 0. The minimum Gasteiger partial charge on any atom is -0.380 e. The van der Waals surface area contributed by atoms with E-state index in [1.54, 1.807) is 0 Å². The highest BCUT2D eigenvalue weighted by molar-refractivity contribution is 4.86. The maximum Gasteiger partial charge on any atom is 0.0593 e. The summed E-state index contributed by atoms with van der Waals surface area (Å²) in [6, 6.07) is 0. The summed E-state index contributed by atoms with van der Waals surface area (Å²) in [5, 5.41) is 0. The lowest BCUT2D eigenvalue weighted by molar-refractivity contribution is 0.106. The van der Waals surface area contributed by atoms with E-state index >= 15 is 0 Å². The van der Waals surface area contributed by atoms with Gasteiger partial charge in [-0.1, -0.05) is 20.3 Å². The van der Waals surface area contributed by atoms with Gasteiger partial charge in [0.1, 0.15) is 0 Å². The van der Waals surface area contributed by atoms with Crippen molar-refractivity contribution in [3.05, 3.63) is 0 Å². The van der Waals surface area contributed by atoms with Crippen molar-refractivity contribution in [1.82, 2.24) is 4.90 Å². The number of nitrogens with two attached hydrogens (primary N) is 1. The van der Waals surface area contributed by atoms with E-state index < -0.39 is 0 Å². The highest BCUT2D eigenvalue weighted by atomic mass is 16.5. The van der Waals surface area contributed by atoms with Crippen molar-refractivity contribution in [2.24, 2.45) is 11.1 Å². The van der Waals surface area contributed by atoms with E-state index in [9.17, 15) is 0 Å². The van der Waals surface area contributed by atoms with Crippen LogP contribution in [0.4, 0.5) is 0 Å². The molecule has 3 heteroatoms. The fourth-order valence-corrected chi connectivity index (χ4v) is 2.03. The normalized spacial score (nSPS) is 27.4. The van der Waals surface area contributed by atoms with E-state index in [-0.39, 0.29) is 0 Å². The zero-order valence-corrected chi connectivity index (χ0v) is 10.3. The third-order valence-corrected chi connectivity index (χ3v) is 3.32. The summed E-state index contributed by atoms with van der Waals surface area (Å²) in [7, 11) is 0. The van der Waals surface area contributed by atoms with E-state index in [1.807, 2.05) is 0 Å². The van der Waals surface area contributed by atoms with Gasteiger partial charge in [0.2, 0.25) is 0 Å². The molecule has 3 nitrogen and oxygen atoms in total. The molecule has 90 valence electrons. The third kappa shape index (κ3) is 4.49. The van der Waals surface area contributed by atoms with Gasteiger partial charge in [0.05, 0.1) is 6.61 Å². The number of hydrogen-bond donors (Lipinski definition) is 1. The lowest BCUT2D eigenvalue weighted by Gasteiger charge is -2.22. The van der Waals surface area contributed by atoms with Crippen LogP contribution in [0.5, 0.6) is 0 Å². The minimum absolute atomic E-state index is 0.351. The van der Waals surface area contributed by atoms with Crippen LogP contribution in [0.2, 0.25) is 0 Å². The molecule has 2 N–H and O–H groups in total. The smallest absolute Gasteiger partial charge is 0.0593 e. The molecule has 1 aliphatic rings. The van der Waals surface area contributed by atoms with Crippen molar-refractivity contribution in [3.8, 4) is 0 Å². The maximum atomic E-state index is 5.77. The first-order valence-electron chi connectivity index (χ1n) is 6.20. The molecular formula is C12H26N2O. The van der Waals surface area contributed by atoms with Crippen LogP contribution in [-0.2, 0) is 4.74 Å². The predicted molar refractivity (Wildman–Crippen MR) is 63.9 cm³/mol. The predicted octanol–water partition coefficient (Wildman–Crippen LogP) is 1.47. The van der Waals surface area contributed by atoms with E-state index in [2.05, 4.69) is 18.7 Å². The Labute approximate surface area is 94.0 Å². The highest BCUT2D eigenvalue weighted by Crippen LogP contribution is 2.27. The Morgan fingerprint density at radius 3 is 2.80 bits per heavy atom. The molecule has 0 spiro atoms. The average Bonchev–Trinajstić information content (AvgIpc) is 2.61. The first-order valence-corrected chi connectivity index (χ1v) is 6.20. The second-order valence-electron chi connectivity index (χ2n) is 5.01. The zero-order chi connectivity index (χ0) is 11.1. The fraction of sp³-hybridized carbons (Fsp3) is 1.00. The summed E-state index contributed by atoms with van der Waals surface area (Å²) in [5.41, 5.74) is 6.12. The summed E-state index contributed by atoms with van der Waals surface area (Å²) in [5.74, 6) is 0. The Morgan fingerprint density at radius 2 is 2.20 bits per heavy atom. The van der Waals surface area contributed by atoms with Crippen molar-refractivity contribution in [3.63, 3.8) is 0 Å². The summed E-state index contributed by atoms with van der Waals surface area (Å²) < 4.78 is 5.56. The molecule has 0 saturated carbocycles. The Balaban J connectivity index is 2.04. The molecule has 0 aromatic heterocycles. The fourth-order valence-electron chi connectivity index (χ4n) is 2.03. The van der Waals surface area contributed by atoms with Gasteiger partial charge in [-0.25, -0.2) is 0 Å². The van der Waals surface area contributed by atoms with Crippen molar-refractivity contribution < 1.29 is 4.74 Å². The van der Waals surface area contributed by atoms with Crippen molar-refractivity contribution >= 4 is 0 Å². The summed E-state index contributed by atoms with van der Waals surface area (Å²) in [4.78, 5) is 2.47. The molecule has 0 aliphatic carbocycles. The van der Waals surface area contributed by atoms with Gasteiger partial charge in [-0.15, -0.1) is 0 Å². The van der Waals surface area contributed by atoms with E-state index in [0.717, 1.165) is 32.8 Å². The van der Waals surface area contributed by atoms with Gasteiger partial charge in [-0.3, -0.25) is 0 Å². The van der Waals surface area contributed by atoms with Gasteiger partial charge < -0.3 is 15.4 Å². The number of nitrogens with zero attached hydrogens (tertiary/aromatic N) is 1. The largest absolute Gasteiger partial charge is 0.380 e. The minimum atomic E-state index is 0.351. The highest BCUT2D eigenvalue weighted by Gasteiger charge is 2.31. The Hall–Kier alpha value is -0.120. The van der Waals surface area contributed by atoms with Gasteiger partial charge in [-0.2, -0.15) is 0 Å². The van der Waals surface area contributed by atoms with Crippen LogP contribution in [0.3, 0.4) is 0 Å². The lowest BCUT2D eigenvalue weighted by Crippen LogP contribution is -2.32. The SMILES string of the molecule is CCCCOCCN1CCC(C)(CN)C1. The van der Waals surface area contributed by atoms with Crippen LogP contribution < -0.4 is 5.73 Å². The van der Waals surface area contributed by atoms with Crippen LogP contribution in [0, 0.1) is 5.41 Å². The number of likely N-dealkylation sites (tertiary alicyclic amines) is 1. The average molecular weight is 214 g/mol. The van der Waals surface area contributed by atoms with Crippen molar-refractivity contribution in [1.29, 1.82) is 0 Å². The first kappa shape index (κ1) is 12.9. The molecule has 1 unspecified atom stereocenters. The molecule has 0 aromatic carbocycles. The molecule has 1 fully saturated rings. The number of ether oxygens (including phenoxy) is 1. The Kier molecular flexibility index (Phi) is 5.58. The molecule has 15 heavy (non-hydrogen) atoms. The molecule has 1 saturated heterocycles. The number of rotatable bonds is 7. The first-order chi connectivity index (χ1) is 7.20. The van der Waals surface area contributed by atoms with Gasteiger partial charge in [0, 0.05) is 19.7 Å². The maximum absolute atomic E-state index is 5.77. The second kappa shape index (κ2) is 6.46. The summed E-state index contributed by atoms with van der Waals surface area (Å²) in [6.07, 6.45) is 3.63. The van der Waals surface area contributed by atoms with Gasteiger partial charge in [0.15, 0.2) is 0 Å². The molecular weight excluding hydrogens is 188 g/mol. The third-order valence-electron chi connectivity index (χ3n) is 3.32. The molecule has 1 aliphatic heterocycles. The lowest BCUT2D eigenvalue weighted by atomic mass is 9.90. The van der Waals surface area contributed by atoms with E-state index in [4.69, 9.17) is 10.5 Å². The number of hydrogen-bond acceptors (Lipinski definition) is 3. The number of unbranched alkanes of at least 4 members (excludes halogenated alkanes) is 1. The van der Waals surface area contributed by atoms with Crippen LogP contribution >= 0.6 is 0 Å². The van der Waals surface area contributed by atoms with Gasteiger partial charge >= 0.3 is 0 Å². The second-order valence-corrected chi connectivity index (χ2v) is 5.01. The summed E-state index contributed by atoms with van der Waals surface area (Å²) in [6.45, 7) is 10.5. The topological polar surface area (TPSA) is 38.5 Å². The van der Waals surface area contributed by atoms with E-state index in [0.29, 0.717) is 5.41 Å². The molecule has 1 rings (SSSR count). The molecule has 1 atom stereocenters. The molecule has 0 amide bonds. The molecule has 1 heterocycles. The standard InChI is InChI=1S/C12H26N2O/c1-3-4-8-15-9-7-14-6-5-12(2,10-13)11-14/h3-11,13H2,1-2H3. The van der Waals surface area contributed by atoms with Gasteiger partial charge in [-0.05, 0) is 31.3 Å². The van der Waals surface area contributed by atoms with Crippen LogP contribution in [0.25, 0.3) is 0 Å². The van der Waals surface area contributed by atoms with Crippen molar-refractivity contribution in [2.45, 2.75) is 33.1 Å². The Morgan fingerprint density at radius 1 is 1.40 bits per heavy atom. The monoisotopic (exact) mass is 214 g/mol. The van der Waals surface area contributed by atoms with E-state index in [1.165, 1.54) is 25.8 Å². The van der Waals surface area contributed by atoms with Crippen LogP contribution in [0.15, 0.2) is 0 Å². The van der Waals surface area contributed by atoms with Crippen LogP contribution in [-0.4, -0.2) is 44.3 Å². The van der Waals surface area contributed by atoms with Crippen LogP contribution in [0.1, 0.15) is 33.1 Å². The van der Waals surface area contributed by atoms with Crippen molar-refractivity contribution in [2.75, 3.05) is 39.4 Å². The zero-order valence-electron chi connectivity index (χ0n) is 10.3. The quantitative estimate of drug-likeness (QED) is 0.652. The Bertz CT molecular complexity index is 175.